The van der Waals surface area contributed by atoms with Crippen LogP contribution in [0.3, 0.4) is 0 Å². The number of carbonyl (C=O) groups excluding carboxylic acids is 1. The molecule has 1 atom stereocenters. The van der Waals surface area contributed by atoms with Gasteiger partial charge in [-0.05, 0) is 42.3 Å². The number of benzene rings is 3. The number of thioether (sulfide) groups is 1. The van der Waals surface area contributed by atoms with Crippen LogP contribution in [0.4, 0.5) is 4.39 Å². The average Bonchev–Trinajstić information content (AvgIpc) is 3.30. The van der Waals surface area contributed by atoms with Crippen LogP contribution in [0, 0.1) is 5.82 Å². The van der Waals surface area contributed by atoms with E-state index in [1.807, 2.05) is 52.9 Å². The van der Waals surface area contributed by atoms with Crippen LogP contribution < -0.4 is 10.9 Å². The second-order valence-corrected chi connectivity index (χ2v) is 9.42. The summed E-state index contributed by atoms with van der Waals surface area (Å²) in [5, 5.41) is 12.1. The summed E-state index contributed by atoms with van der Waals surface area (Å²) < 4.78 is 16.5. The summed E-state index contributed by atoms with van der Waals surface area (Å²) in [4.78, 5) is 26.1. The van der Waals surface area contributed by atoms with E-state index in [-0.39, 0.29) is 17.3 Å². The molecule has 35 heavy (non-hydrogen) atoms. The van der Waals surface area contributed by atoms with Gasteiger partial charge >= 0.3 is 0 Å². The highest BCUT2D eigenvalue weighted by atomic mass is 32.2. The van der Waals surface area contributed by atoms with E-state index in [0.29, 0.717) is 34.9 Å². The van der Waals surface area contributed by atoms with Crippen molar-refractivity contribution in [1.29, 1.82) is 0 Å². The summed E-state index contributed by atoms with van der Waals surface area (Å²) in [6.07, 6.45) is 0. The van der Waals surface area contributed by atoms with Crippen LogP contribution in [0.5, 0.6) is 0 Å². The van der Waals surface area contributed by atoms with Crippen molar-refractivity contribution in [3.8, 4) is 0 Å². The topological polar surface area (TPSA) is 81.3 Å². The number of amides is 1. The third-order valence-electron chi connectivity index (χ3n) is 5.69. The molecule has 1 amide bonds. The number of hydrogen-bond acceptors (Lipinski definition) is 5. The van der Waals surface area contributed by atoms with Crippen molar-refractivity contribution < 1.29 is 9.18 Å². The number of aromatic nitrogens is 4. The van der Waals surface area contributed by atoms with Gasteiger partial charge in [-0.1, -0.05) is 66.4 Å². The Balaban J connectivity index is 1.46. The molecule has 2 heterocycles. The summed E-state index contributed by atoms with van der Waals surface area (Å²) in [5.74, 6) is -0.0855. The molecular weight excluding hydrogens is 465 g/mol. The van der Waals surface area contributed by atoms with Gasteiger partial charge in [0, 0.05) is 6.54 Å². The zero-order valence-corrected chi connectivity index (χ0v) is 19.7. The predicted molar refractivity (Wildman–Crippen MR) is 134 cm³/mol. The Morgan fingerprint density at radius 2 is 1.69 bits per heavy atom. The van der Waals surface area contributed by atoms with Crippen LogP contribution in [0.25, 0.3) is 16.7 Å². The molecule has 3 aromatic carbocycles. The van der Waals surface area contributed by atoms with Crippen LogP contribution in [-0.4, -0.2) is 30.3 Å². The van der Waals surface area contributed by atoms with Crippen molar-refractivity contribution in [3.05, 3.63) is 106 Å². The Hall–Kier alpha value is -3.98. The molecule has 9 heteroatoms. The molecule has 0 bridgehead atoms. The van der Waals surface area contributed by atoms with Gasteiger partial charge in [0.05, 0.1) is 22.7 Å². The second-order valence-electron chi connectivity index (χ2n) is 8.12. The Kier molecular flexibility index (Phi) is 6.33. The van der Waals surface area contributed by atoms with Gasteiger partial charge in [0.2, 0.25) is 11.7 Å². The zero-order valence-electron chi connectivity index (χ0n) is 18.9. The molecule has 0 saturated carbocycles. The largest absolute Gasteiger partial charge is 0.351 e. The van der Waals surface area contributed by atoms with Crippen LogP contribution in [0.1, 0.15) is 18.1 Å². The number of nitrogens with zero attached hydrogens (tertiary/aromatic N) is 4. The van der Waals surface area contributed by atoms with E-state index in [9.17, 15) is 14.0 Å². The fourth-order valence-corrected chi connectivity index (χ4v) is 4.75. The Morgan fingerprint density at radius 3 is 2.46 bits per heavy atom. The van der Waals surface area contributed by atoms with Gasteiger partial charge in [0.15, 0.2) is 5.16 Å². The van der Waals surface area contributed by atoms with E-state index in [0.717, 1.165) is 11.1 Å². The lowest BCUT2D eigenvalue weighted by atomic mass is 10.2. The summed E-state index contributed by atoms with van der Waals surface area (Å²) in [6, 6.07) is 23.0. The number of carbonyl (C=O) groups is 1. The van der Waals surface area contributed by atoms with E-state index < -0.39 is 5.25 Å². The first-order chi connectivity index (χ1) is 17.0. The molecule has 0 fully saturated rings. The van der Waals surface area contributed by atoms with Crippen molar-refractivity contribution in [2.45, 2.75) is 30.4 Å². The SMILES string of the molecule is CC(Sc1nnc2n(Cc3ccccc3)c(=O)c3ccccc3n12)C(=O)NCc1ccc(F)cc1. The number of rotatable bonds is 7. The monoisotopic (exact) mass is 487 g/mol. The van der Waals surface area contributed by atoms with Crippen molar-refractivity contribution >= 4 is 34.3 Å². The molecule has 1 N–H and O–H groups in total. The quantitative estimate of drug-likeness (QED) is 0.351. The second kappa shape index (κ2) is 9.71. The van der Waals surface area contributed by atoms with Crippen molar-refractivity contribution in [1.82, 2.24) is 24.5 Å². The van der Waals surface area contributed by atoms with Crippen molar-refractivity contribution in [2.24, 2.45) is 0 Å². The Labute approximate surface area is 204 Å². The molecule has 2 aromatic heterocycles. The Morgan fingerprint density at radius 1 is 0.971 bits per heavy atom. The van der Waals surface area contributed by atoms with Crippen LogP contribution >= 0.6 is 11.8 Å². The third kappa shape index (κ3) is 4.67. The van der Waals surface area contributed by atoms with Crippen molar-refractivity contribution in [3.63, 3.8) is 0 Å². The first-order valence-electron chi connectivity index (χ1n) is 11.1. The Bertz CT molecular complexity index is 1560. The van der Waals surface area contributed by atoms with E-state index in [1.165, 1.54) is 23.9 Å². The van der Waals surface area contributed by atoms with Crippen LogP contribution in [0.2, 0.25) is 0 Å². The van der Waals surface area contributed by atoms with Gasteiger partial charge in [-0.2, -0.15) is 0 Å². The van der Waals surface area contributed by atoms with E-state index >= 15 is 0 Å². The number of nitrogens with one attached hydrogen (secondary N) is 1. The van der Waals surface area contributed by atoms with Gasteiger partial charge in [0.25, 0.3) is 5.56 Å². The molecule has 5 rings (SSSR count). The smallest absolute Gasteiger partial charge is 0.263 e. The first kappa shape index (κ1) is 22.8. The molecule has 0 saturated heterocycles. The minimum absolute atomic E-state index is 0.147. The lowest BCUT2D eigenvalue weighted by Gasteiger charge is -2.13. The molecule has 7 nitrogen and oxygen atoms in total. The lowest BCUT2D eigenvalue weighted by molar-refractivity contribution is -0.120. The van der Waals surface area contributed by atoms with Crippen LogP contribution in [-0.2, 0) is 17.9 Å². The first-order valence-corrected chi connectivity index (χ1v) is 12.0. The average molecular weight is 488 g/mol. The molecule has 1 unspecified atom stereocenters. The van der Waals surface area contributed by atoms with Gasteiger partial charge in [-0.25, -0.2) is 4.39 Å². The van der Waals surface area contributed by atoms with Crippen LogP contribution in [0.15, 0.2) is 88.8 Å². The number of para-hydroxylation sites is 1. The summed E-state index contributed by atoms with van der Waals surface area (Å²) >= 11 is 1.26. The summed E-state index contributed by atoms with van der Waals surface area (Å²) in [5.41, 5.74) is 2.31. The maximum absolute atomic E-state index is 13.3. The third-order valence-corrected chi connectivity index (χ3v) is 6.74. The highest BCUT2D eigenvalue weighted by Crippen LogP contribution is 2.25. The van der Waals surface area contributed by atoms with Gasteiger partial charge < -0.3 is 5.32 Å². The molecular formula is C26H22FN5O2S. The van der Waals surface area contributed by atoms with E-state index in [1.54, 1.807) is 29.7 Å². The summed E-state index contributed by atoms with van der Waals surface area (Å²) in [7, 11) is 0. The molecule has 0 spiro atoms. The normalized spacial score (nSPS) is 12.2. The molecule has 0 radical (unpaired) electrons. The van der Waals surface area contributed by atoms with Gasteiger partial charge in [0.1, 0.15) is 5.82 Å². The fourth-order valence-electron chi connectivity index (χ4n) is 3.87. The fraction of sp³-hybridized carbons (Fsp3) is 0.154. The zero-order chi connectivity index (χ0) is 24.4. The highest BCUT2D eigenvalue weighted by Gasteiger charge is 2.21. The summed E-state index contributed by atoms with van der Waals surface area (Å²) in [6.45, 7) is 2.43. The van der Waals surface area contributed by atoms with Gasteiger partial charge in [-0.3, -0.25) is 18.6 Å². The van der Waals surface area contributed by atoms with E-state index in [4.69, 9.17) is 0 Å². The maximum Gasteiger partial charge on any atom is 0.263 e. The number of hydrogen-bond donors (Lipinski definition) is 1. The lowest BCUT2D eigenvalue weighted by Crippen LogP contribution is -2.30. The molecule has 5 aromatic rings. The number of halogens is 1. The standard InChI is InChI=1S/C26H22FN5O2S/c1-17(23(33)28-15-18-11-13-20(27)14-12-18)35-26-30-29-25-31(16-19-7-3-2-4-8-19)24(34)21-9-5-6-10-22(21)32(25)26/h2-14,17H,15-16H2,1H3,(H,28,33). The molecule has 0 aliphatic rings. The van der Waals surface area contributed by atoms with E-state index in [2.05, 4.69) is 15.5 Å². The maximum atomic E-state index is 13.3. The minimum atomic E-state index is -0.476. The van der Waals surface area contributed by atoms with Crippen molar-refractivity contribution in [2.75, 3.05) is 0 Å². The van der Waals surface area contributed by atoms with Gasteiger partial charge in [-0.15, -0.1) is 10.2 Å². The minimum Gasteiger partial charge on any atom is -0.351 e. The number of fused-ring (bicyclic) bond motifs is 3. The highest BCUT2D eigenvalue weighted by molar-refractivity contribution is 8.00. The molecule has 0 aliphatic carbocycles. The predicted octanol–water partition coefficient (Wildman–Crippen LogP) is 4.03. The molecule has 176 valence electrons. The molecule has 0 aliphatic heterocycles.